The van der Waals surface area contributed by atoms with Gasteiger partial charge in [0.25, 0.3) is 11.8 Å². The van der Waals surface area contributed by atoms with E-state index in [1.807, 2.05) is 4.90 Å². The quantitative estimate of drug-likeness (QED) is 0.573. The highest BCUT2D eigenvalue weighted by atomic mass is 19.1. The van der Waals surface area contributed by atoms with Crippen molar-refractivity contribution in [3.63, 3.8) is 0 Å². The summed E-state index contributed by atoms with van der Waals surface area (Å²) < 4.78 is 13.6. The van der Waals surface area contributed by atoms with Crippen molar-refractivity contribution in [2.24, 2.45) is 0 Å². The maximum absolute atomic E-state index is 13.6. The molecule has 0 aliphatic carbocycles. The van der Waals surface area contributed by atoms with Crippen LogP contribution in [0.2, 0.25) is 0 Å². The van der Waals surface area contributed by atoms with Gasteiger partial charge in [-0.05, 0) is 19.1 Å². The lowest BCUT2D eigenvalue weighted by molar-refractivity contribution is -0.917. The van der Waals surface area contributed by atoms with Gasteiger partial charge < -0.3 is 20.0 Å². The first-order chi connectivity index (χ1) is 14.4. The fourth-order valence-corrected chi connectivity index (χ4v) is 3.82. The third-order valence-electron chi connectivity index (χ3n) is 5.42. The van der Waals surface area contributed by atoms with Gasteiger partial charge in [-0.1, -0.05) is 42.0 Å². The lowest BCUT2D eigenvalue weighted by Gasteiger charge is -2.32. The highest BCUT2D eigenvalue weighted by Crippen LogP contribution is 2.11. The van der Waals surface area contributed by atoms with Crippen LogP contribution in [0.1, 0.15) is 11.1 Å². The number of nitrogens with zero attached hydrogens (tertiary/aromatic N) is 1. The Balaban J connectivity index is 1.40. The van der Waals surface area contributed by atoms with E-state index in [4.69, 9.17) is 0 Å². The highest BCUT2D eigenvalue weighted by Gasteiger charge is 2.26. The Kier molecular flexibility index (Phi) is 7.54. The minimum Gasteiger partial charge on any atom is -0.328 e. The fraction of sp³-hybridized carbons (Fsp3) is 0.391. The van der Waals surface area contributed by atoms with E-state index in [0.29, 0.717) is 0 Å². The smallest absolute Gasteiger partial charge is 0.279 e. The first-order valence-electron chi connectivity index (χ1n) is 10.4. The lowest BCUT2D eigenvalue weighted by atomic mass is 10.1. The zero-order valence-corrected chi connectivity index (χ0v) is 17.7. The molecule has 2 aromatic carbocycles. The van der Waals surface area contributed by atoms with E-state index < -0.39 is 5.82 Å². The monoisotopic (exact) mass is 414 g/mol. The molecular weight excluding hydrogens is 383 g/mol. The van der Waals surface area contributed by atoms with Crippen LogP contribution in [0.5, 0.6) is 0 Å². The van der Waals surface area contributed by atoms with Crippen LogP contribution >= 0.6 is 0 Å². The van der Waals surface area contributed by atoms with Crippen LogP contribution in [0.4, 0.5) is 10.1 Å². The van der Waals surface area contributed by atoms with Gasteiger partial charge in [0.05, 0.1) is 38.9 Å². The third kappa shape index (κ3) is 6.37. The van der Waals surface area contributed by atoms with Crippen molar-refractivity contribution >= 4 is 17.5 Å². The molecule has 30 heavy (non-hydrogen) atoms. The summed E-state index contributed by atoms with van der Waals surface area (Å²) in [4.78, 5) is 28.9. The summed E-state index contributed by atoms with van der Waals surface area (Å²) in [6.07, 6.45) is 0. The summed E-state index contributed by atoms with van der Waals surface area (Å²) in [6, 6.07) is 14.6. The molecule has 1 aliphatic rings. The number of para-hydroxylation sites is 1. The van der Waals surface area contributed by atoms with Gasteiger partial charge in [0.1, 0.15) is 12.4 Å². The third-order valence-corrected chi connectivity index (χ3v) is 5.42. The normalized spacial score (nSPS) is 15.6. The minimum atomic E-state index is -0.467. The van der Waals surface area contributed by atoms with Crippen LogP contribution in [-0.4, -0.2) is 63.0 Å². The summed E-state index contributed by atoms with van der Waals surface area (Å²) in [5, 5.41) is 2.56. The second kappa shape index (κ2) is 10.3. The van der Waals surface area contributed by atoms with Crippen LogP contribution in [0.25, 0.3) is 0 Å². The molecule has 3 rings (SSSR count). The predicted octanol–water partition coefficient (Wildman–Crippen LogP) is -0.485. The Morgan fingerprint density at radius 1 is 1.10 bits per heavy atom. The van der Waals surface area contributed by atoms with Gasteiger partial charge in [0.15, 0.2) is 13.1 Å². The van der Waals surface area contributed by atoms with Crippen molar-refractivity contribution in [1.29, 1.82) is 0 Å². The molecule has 6 nitrogen and oxygen atoms in total. The molecule has 1 aliphatic heterocycles. The van der Waals surface area contributed by atoms with E-state index in [2.05, 4.69) is 36.5 Å². The first-order valence-corrected chi connectivity index (χ1v) is 10.4. The Morgan fingerprint density at radius 3 is 2.53 bits per heavy atom. The zero-order valence-electron chi connectivity index (χ0n) is 17.7. The Hall–Kier alpha value is -2.77. The number of hydrogen-bond acceptors (Lipinski definition) is 2. The molecule has 7 heteroatoms. The van der Waals surface area contributed by atoms with Gasteiger partial charge >= 0.3 is 0 Å². The maximum atomic E-state index is 13.6. The largest absolute Gasteiger partial charge is 0.328 e. The van der Waals surface area contributed by atoms with E-state index in [-0.39, 0.29) is 30.6 Å². The zero-order chi connectivity index (χ0) is 21.5. The number of anilines is 1. The van der Waals surface area contributed by atoms with Crippen molar-refractivity contribution in [2.45, 2.75) is 13.5 Å². The van der Waals surface area contributed by atoms with Crippen molar-refractivity contribution in [1.82, 2.24) is 4.90 Å². The number of rotatable bonds is 7. The molecule has 2 aromatic rings. The Bertz CT molecular complexity index is 881. The van der Waals surface area contributed by atoms with Crippen LogP contribution in [0.15, 0.2) is 48.5 Å². The summed E-state index contributed by atoms with van der Waals surface area (Å²) in [5.74, 6) is -0.718. The molecule has 0 aromatic heterocycles. The highest BCUT2D eigenvalue weighted by molar-refractivity contribution is 5.91. The summed E-state index contributed by atoms with van der Waals surface area (Å²) in [6.45, 7) is 6.74. The average molecular weight is 415 g/mol. The van der Waals surface area contributed by atoms with Crippen LogP contribution in [0.3, 0.4) is 0 Å². The Labute approximate surface area is 177 Å². The standard InChI is InChI=1S/C23H29FN4O2/c1-18-6-5-7-19(14-18)15-27-10-12-28(13-11-27)23(30)17-26(2)16-22(29)25-21-9-4-3-8-20(21)24/h3-9,14H,10-13,15-17H2,1-2H3,(H,25,29)/p+2. The minimum absolute atomic E-state index is 0.0563. The number of piperazine rings is 1. The topological polar surface area (TPSA) is 58.3 Å². The SMILES string of the molecule is Cc1cccc(C[NH+]2CCN(C(=O)C[NH+](C)CC(=O)Nc3ccccc3F)CC2)c1. The predicted molar refractivity (Wildman–Crippen MR) is 114 cm³/mol. The van der Waals surface area contributed by atoms with Crippen molar-refractivity contribution in [3.05, 3.63) is 65.5 Å². The van der Waals surface area contributed by atoms with E-state index in [0.717, 1.165) is 37.6 Å². The van der Waals surface area contributed by atoms with Gasteiger partial charge in [-0.15, -0.1) is 0 Å². The molecule has 1 heterocycles. The van der Waals surface area contributed by atoms with E-state index in [1.165, 1.54) is 28.2 Å². The first kappa shape index (κ1) is 21.9. The van der Waals surface area contributed by atoms with Crippen molar-refractivity contribution in [3.8, 4) is 0 Å². The number of carbonyl (C=O) groups excluding carboxylic acids is 2. The van der Waals surface area contributed by atoms with Gasteiger partial charge in [-0.25, -0.2) is 4.39 Å². The van der Waals surface area contributed by atoms with Gasteiger partial charge in [-0.2, -0.15) is 0 Å². The molecule has 1 fully saturated rings. The van der Waals surface area contributed by atoms with Crippen LogP contribution < -0.4 is 15.1 Å². The number of nitrogens with one attached hydrogen (secondary N) is 3. The fourth-order valence-electron chi connectivity index (χ4n) is 3.82. The molecule has 0 bridgehead atoms. The van der Waals surface area contributed by atoms with E-state index in [9.17, 15) is 14.0 Å². The number of quaternary nitrogens is 2. The second-order valence-electron chi connectivity index (χ2n) is 8.14. The molecule has 0 saturated carbocycles. The van der Waals surface area contributed by atoms with Crippen LogP contribution in [0, 0.1) is 12.7 Å². The summed E-state index contributed by atoms with van der Waals surface area (Å²) >= 11 is 0. The van der Waals surface area contributed by atoms with Crippen molar-refractivity contribution < 1.29 is 23.8 Å². The molecule has 2 amide bonds. The molecule has 0 radical (unpaired) electrons. The number of halogens is 1. The van der Waals surface area contributed by atoms with Crippen LogP contribution in [-0.2, 0) is 16.1 Å². The number of carbonyl (C=O) groups is 2. The molecular formula is C23H31FN4O2+2. The van der Waals surface area contributed by atoms with Gasteiger partial charge in [0, 0.05) is 5.56 Å². The van der Waals surface area contributed by atoms with Gasteiger partial charge in [-0.3, -0.25) is 9.59 Å². The molecule has 1 saturated heterocycles. The molecule has 1 atom stereocenters. The average Bonchev–Trinajstić information content (AvgIpc) is 2.70. The van der Waals surface area contributed by atoms with Gasteiger partial charge in [0.2, 0.25) is 0 Å². The lowest BCUT2D eigenvalue weighted by Crippen LogP contribution is -3.14. The number of benzene rings is 2. The van der Waals surface area contributed by atoms with E-state index >= 15 is 0 Å². The molecule has 1 unspecified atom stereocenters. The molecule has 3 N–H and O–H groups in total. The maximum Gasteiger partial charge on any atom is 0.279 e. The number of aryl methyl sites for hydroxylation is 1. The number of likely N-dealkylation sites (N-methyl/N-ethyl adjacent to an activating group) is 1. The summed E-state index contributed by atoms with van der Waals surface area (Å²) in [5.41, 5.74) is 2.76. The molecule has 0 spiro atoms. The molecule has 160 valence electrons. The number of hydrogen-bond donors (Lipinski definition) is 3. The number of amides is 2. The van der Waals surface area contributed by atoms with Crippen molar-refractivity contribution in [2.75, 3.05) is 51.6 Å². The second-order valence-corrected chi connectivity index (χ2v) is 8.14. The summed E-state index contributed by atoms with van der Waals surface area (Å²) in [7, 11) is 1.80. The Morgan fingerprint density at radius 2 is 1.83 bits per heavy atom. The van der Waals surface area contributed by atoms with E-state index in [1.54, 1.807) is 19.2 Å².